The summed E-state index contributed by atoms with van der Waals surface area (Å²) in [5, 5.41) is 3.97. The van der Waals surface area contributed by atoms with Gasteiger partial charge >= 0.3 is 5.97 Å². The molecule has 1 heterocycles. The van der Waals surface area contributed by atoms with Gasteiger partial charge in [-0.05, 0) is 19.2 Å². The topological polar surface area (TPSA) is 68.5 Å². The molecular formula is C14H16BrN3O3. The molecule has 0 spiro atoms. The third-order valence-corrected chi connectivity index (χ3v) is 3.37. The SMILES string of the molecule is COC(=O)CCN(C)Cc1nc(-c2cccc(Br)c2)no1. The lowest BCUT2D eigenvalue weighted by Crippen LogP contribution is -2.22. The van der Waals surface area contributed by atoms with E-state index in [1.165, 1.54) is 7.11 Å². The molecule has 0 aliphatic rings. The summed E-state index contributed by atoms with van der Waals surface area (Å²) < 4.78 is 10.8. The van der Waals surface area contributed by atoms with Gasteiger partial charge in [-0.25, -0.2) is 0 Å². The van der Waals surface area contributed by atoms with Crippen molar-refractivity contribution in [3.8, 4) is 11.4 Å². The van der Waals surface area contributed by atoms with Crippen LogP contribution in [0.15, 0.2) is 33.3 Å². The first-order chi connectivity index (χ1) is 10.1. The van der Waals surface area contributed by atoms with E-state index >= 15 is 0 Å². The largest absolute Gasteiger partial charge is 0.469 e. The standard InChI is InChI=1S/C14H16BrN3O3/c1-18(7-6-13(19)20-2)9-12-16-14(17-21-12)10-4-3-5-11(15)8-10/h3-5,8H,6-7,9H2,1-2H3. The first-order valence-electron chi connectivity index (χ1n) is 6.42. The van der Waals surface area contributed by atoms with E-state index < -0.39 is 0 Å². The molecule has 2 rings (SSSR count). The van der Waals surface area contributed by atoms with E-state index in [1.807, 2.05) is 36.2 Å². The Labute approximate surface area is 131 Å². The number of nitrogens with zero attached hydrogens (tertiary/aromatic N) is 3. The second-order valence-electron chi connectivity index (χ2n) is 4.59. The van der Waals surface area contributed by atoms with Crippen molar-refractivity contribution >= 4 is 21.9 Å². The fourth-order valence-electron chi connectivity index (χ4n) is 1.76. The highest BCUT2D eigenvalue weighted by Gasteiger charge is 2.12. The van der Waals surface area contributed by atoms with Crippen LogP contribution in [0.2, 0.25) is 0 Å². The maximum absolute atomic E-state index is 11.1. The van der Waals surface area contributed by atoms with Gasteiger partial charge in [0.15, 0.2) is 0 Å². The summed E-state index contributed by atoms with van der Waals surface area (Å²) in [5.41, 5.74) is 0.886. The first-order valence-corrected chi connectivity index (χ1v) is 7.21. The van der Waals surface area contributed by atoms with Crippen LogP contribution in [0.1, 0.15) is 12.3 Å². The Morgan fingerprint density at radius 2 is 2.29 bits per heavy atom. The highest BCUT2D eigenvalue weighted by atomic mass is 79.9. The predicted molar refractivity (Wildman–Crippen MR) is 80.4 cm³/mol. The Balaban J connectivity index is 1.95. The summed E-state index contributed by atoms with van der Waals surface area (Å²) in [4.78, 5) is 17.4. The Kier molecular flexibility index (Phi) is 5.46. The lowest BCUT2D eigenvalue weighted by atomic mass is 10.2. The van der Waals surface area contributed by atoms with E-state index in [-0.39, 0.29) is 5.97 Å². The van der Waals surface area contributed by atoms with Gasteiger partial charge in [-0.15, -0.1) is 0 Å². The van der Waals surface area contributed by atoms with Crippen LogP contribution in [0.25, 0.3) is 11.4 Å². The number of carbonyl (C=O) groups excluding carboxylic acids is 1. The summed E-state index contributed by atoms with van der Waals surface area (Å²) >= 11 is 3.41. The normalized spacial score (nSPS) is 10.9. The van der Waals surface area contributed by atoms with E-state index in [0.29, 0.717) is 31.2 Å². The van der Waals surface area contributed by atoms with Crippen LogP contribution in [-0.2, 0) is 16.1 Å². The molecule has 0 saturated carbocycles. The highest BCUT2D eigenvalue weighted by molar-refractivity contribution is 9.10. The molecule has 0 radical (unpaired) electrons. The third kappa shape index (κ3) is 4.64. The summed E-state index contributed by atoms with van der Waals surface area (Å²) in [6.45, 7) is 1.05. The number of methoxy groups -OCH3 is 1. The number of aromatic nitrogens is 2. The van der Waals surface area contributed by atoms with Crippen LogP contribution in [-0.4, -0.2) is 41.7 Å². The number of rotatable bonds is 6. The van der Waals surface area contributed by atoms with Crippen molar-refractivity contribution in [2.45, 2.75) is 13.0 Å². The van der Waals surface area contributed by atoms with Gasteiger partial charge < -0.3 is 9.26 Å². The predicted octanol–water partition coefficient (Wildman–Crippen LogP) is 2.49. The highest BCUT2D eigenvalue weighted by Crippen LogP contribution is 2.20. The fraction of sp³-hybridized carbons (Fsp3) is 0.357. The number of hydrogen-bond donors (Lipinski definition) is 0. The van der Waals surface area contributed by atoms with E-state index in [9.17, 15) is 4.79 Å². The van der Waals surface area contributed by atoms with Crippen molar-refractivity contribution < 1.29 is 14.1 Å². The van der Waals surface area contributed by atoms with Crippen molar-refractivity contribution in [3.63, 3.8) is 0 Å². The molecule has 0 unspecified atom stereocenters. The van der Waals surface area contributed by atoms with Crippen molar-refractivity contribution in [3.05, 3.63) is 34.6 Å². The molecule has 0 atom stereocenters. The second kappa shape index (κ2) is 7.33. The molecule has 0 aliphatic carbocycles. The number of ether oxygens (including phenoxy) is 1. The molecule has 6 nitrogen and oxygen atoms in total. The lowest BCUT2D eigenvalue weighted by molar-refractivity contribution is -0.140. The van der Waals surface area contributed by atoms with Crippen LogP contribution in [0.5, 0.6) is 0 Å². The zero-order chi connectivity index (χ0) is 15.2. The molecular weight excluding hydrogens is 338 g/mol. The van der Waals surface area contributed by atoms with E-state index in [0.717, 1.165) is 10.0 Å². The van der Waals surface area contributed by atoms with E-state index in [1.54, 1.807) is 0 Å². The number of benzene rings is 1. The minimum absolute atomic E-state index is 0.234. The molecule has 0 saturated heterocycles. The maximum Gasteiger partial charge on any atom is 0.306 e. The third-order valence-electron chi connectivity index (χ3n) is 2.88. The number of carbonyl (C=O) groups is 1. The molecule has 21 heavy (non-hydrogen) atoms. The summed E-state index contributed by atoms with van der Waals surface area (Å²) in [5.74, 6) is 0.826. The van der Waals surface area contributed by atoms with Crippen molar-refractivity contribution in [1.82, 2.24) is 15.0 Å². The minimum Gasteiger partial charge on any atom is -0.469 e. The zero-order valence-electron chi connectivity index (χ0n) is 11.9. The van der Waals surface area contributed by atoms with Crippen molar-refractivity contribution in [2.24, 2.45) is 0 Å². The molecule has 0 aliphatic heterocycles. The number of hydrogen-bond acceptors (Lipinski definition) is 6. The van der Waals surface area contributed by atoms with Gasteiger partial charge in [0.05, 0.1) is 20.1 Å². The molecule has 7 heteroatoms. The maximum atomic E-state index is 11.1. The minimum atomic E-state index is -0.234. The van der Waals surface area contributed by atoms with Crippen LogP contribution in [0, 0.1) is 0 Å². The Morgan fingerprint density at radius 3 is 3.00 bits per heavy atom. The zero-order valence-corrected chi connectivity index (χ0v) is 13.5. The second-order valence-corrected chi connectivity index (χ2v) is 5.50. The Morgan fingerprint density at radius 1 is 1.48 bits per heavy atom. The molecule has 112 valence electrons. The summed E-state index contributed by atoms with van der Waals surface area (Å²) in [6, 6.07) is 7.69. The number of halogens is 1. The molecule has 1 aromatic heterocycles. The Hall–Kier alpha value is -1.73. The molecule has 1 aromatic carbocycles. The van der Waals surface area contributed by atoms with Crippen molar-refractivity contribution in [1.29, 1.82) is 0 Å². The van der Waals surface area contributed by atoms with E-state index in [4.69, 9.17) is 4.52 Å². The van der Waals surface area contributed by atoms with Gasteiger partial charge in [-0.1, -0.05) is 33.2 Å². The van der Waals surface area contributed by atoms with Gasteiger partial charge in [0.1, 0.15) is 0 Å². The molecule has 0 fully saturated rings. The quantitative estimate of drug-likeness (QED) is 0.743. The number of esters is 1. The van der Waals surface area contributed by atoms with Crippen LogP contribution in [0.4, 0.5) is 0 Å². The van der Waals surface area contributed by atoms with Gasteiger partial charge in [0, 0.05) is 16.6 Å². The van der Waals surface area contributed by atoms with Crippen LogP contribution in [0.3, 0.4) is 0 Å². The molecule has 2 aromatic rings. The average Bonchev–Trinajstić information content (AvgIpc) is 2.93. The monoisotopic (exact) mass is 353 g/mol. The van der Waals surface area contributed by atoms with E-state index in [2.05, 4.69) is 30.8 Å². The summed E-state index contributed by atoms with van der Waals surface area (Å²) in [7, 11) is 3.26. The lowest BCUT2D eigenvalue weighted by Gasteiger charge is -2.12. The van der Waals surface area contributed by atoms with Crippen LogP contribution >= 0.6 is 15.9 Å². The van der Waals surface area contributed by atoms with Gasteiger partial charge in [0.25, 0.3) is 0 Å². The molecule has 0 amide bonds. The fourth-order valence-corrected chi connectivity index (χ4v) is 2.16. The van der Waals surface area contributed by atoms with Crippen molar-refractivity contribution in [2.75, 3.05) is 20.7 Å². The Bertz CT molecular complexity index is 615. The van der Waals surface area contributed by atoms with Crippen LogP contribution < -0.4 is 0 Å². The van der Waals surface area contributed by atoms with Gasteiger partial charge in [0.2, 0.25) is 11.7 Å². The van der Waals surface area contributed by atoms with Gasteiger partial charge in [-0.3, -0.25) is 9.69 Å². The van der Waals surface area contributed by atoms with Gasteiger partial charge in [-0.2, -0.15) is 4.98 Å². The first kappa shape index (κ1) is 15.7. The molecule has 0 N–H and O–H groups in total. The average molecular weight is 354 g/mol. The summed E-state index contributed by atoms with van der Waals surface area (Å²) in [6.07, 6.45) is 0.333. The smallest absolute Gasteiger partial charge is 0.306 e. The molecule has 0 bridgehead atoms.